The van der Waals surface area contributed by atoms with Crippen LogP contribution in [0.5, 0.6) is 11.5 Å². The van der Waals surface area contributed by atoms with Crippen LogP contribution in [0, 0.1) is 13.8 Å². The predicted octanol–water partition coefficient (Wildman–Crippen LogP) is 8.87. The number of hydrogen-bond donors (Lipinski definition) is 4. The maximum Gasteiger partial charge on any atom is 0.115 e. The molecule has 1 aliphatic rings. The summed E-state index contributed by atoms with van der Waals surface area (Å²) in [6.07, 6.45) is 0. The third kappa shape index (κ3) is 5.27. The van der Waals surface area contributed by atoms with Crippen molar-refractivity contribution in [3.05, 3.63) is 178 Å². The molecule has 0 unspecified atom stereocenters. The van der Waals surface area contributed by atoms with E-state index in [2.05, 4.69) is 72.8 Å². The maximum atomic E-state index is 11.1. The Hall–Kier alpha value is -5.56. The summed E-state index contributed by atoms with van der Waals surface area (Å²) in [5.74, 6) is 0.370. The normalized spacial score (nSPS) is 12.8. The monoisotopic (exact) mass is 620 g/mol. The van der Waals surface area contributed by atoms with Crippen molar-refractivity contribution in [3.8, 4) is 22.6 Å². The minimum atomic E-state index is -0.639. The number of phenols is 2. The van der Waals surface area contributed by atoms with Crippen molar-refractivity contribution in [3.63, 3.8) is 0 Å². The van der Waals surface area contributed by atoms with Gasteiger partial charge in [0.2, 0.25) is 0 Å². The van der Waals surface area contributed by atoms with Gasteiger partial charge in [0.15, 0.2) is 0 Å². The van der Waals surface area contributed by atoms with Crippen molar-refractivity contribution in [1.82, 2.24) is 0 Å². The molecule has 0 aliphatic heterocycles. The van der Waals surface area contributed by atoms with E-state index in [0.29, 0.717) is 11.4 Å². The summed E-state index contributed by atoms with van der Waals surface area (Å²) in [7, 11) is 0. The molecule has 0 spiro atoms. The Balaban J connectivity index is 1.29. The van der Waals surface area contributed by atoms with Gasteiger partial charge in [-0.15, -0.1) is 0 Å². The van der Waals surface area contributed by atoms with Crippen LogP contribution in [-0.2, 0) is 18.5 Å². The molecule has 0 radical (unpaired) electrons. The number of aromatic hydroxyl groups is 2. The molecule has 0 atom stereocenters. The van der Waals surface area contributed by atoms with Crippen molar-refractivity contribution < 1.29 is 20.6 Å². The second kappa shape index (κ2) is 12.0. The number of aryl methyl sites for hydroxylation is 2. The van der Waals surface area contributed by atoms with Gasteiger partial charge in [0, 0.05) is 0 Å². The molecule has 0 aromatic heterocycles. The van der Waals surface area contributed by atoms with Crippen molar-refractivity contribution in [2.75, 3.05) is 10.1 Å². The number of hydroxylamine groups is 2. The average molecular weight is 621 g/mol. The molecule has 47 heavy (non-hydrogen) atoms. The first-order chi connectivity index (χ1) is 22.8. The van der Waals surface area contributed by atoms with Crippen molar-refractivity contribution >= 4 is 11.4 Å². The molecule has 234 valence electrons. The second-order valence-corrected chi connectivity index (χ2v) is 12.3. The first-order valence-electron chi connectivity index (χ1n) is 15.7. The summed E-state index contributed by atoms with van der Waals surface area (Å²) in [5.41, 5.74) is 11.1. The number of fused-ring (bicyclic) bond motifs is 3. The number of rotatable bonds is 8. The summed E-state index contributed by atoms with van der Waals surface area (Å²) in [6.45, 7) is 4.39. The van der Waals surface area contributed by atoms with E-state index in [-0.39, 0.29) is 24.6 Å². The fourth-order valence-corrected chi connectivity index (χ4v) is 6.98. The van der Waals surface area contributed by atoms with Gasteiger partial charge in [-0.25, -0.2) is 0 Å². The lowest BCUT2D eigenvalue weighted by molar-refractivity contribution is 0.249. The Morgan fingerprint density at radius 1 is 0.489 bits per heavy atom. The Morgan fingerprint density at radius 2 is 0.957 bits per heavy atom. The molecule has 6 heteroatoms. The van der Waals surface area contributed by atoms with E-state index >= 15 is 0 Å². The van der Waals surface area contributed by atoms with Crippen LogP contribution in [0.1, 0.15) is 44.5 Å². The van der Waals surface area contributed by atoms with Crippen LogP contribution in [0.4, 0.5) is 11.4 Å². The molecule has 0 amide bonds. The van der Waals surface area contributed by atoms with Crippen LogP contribution < -0.4 is 10.1 Å². The van der Waals surface area contributed by atoms with Crippen molar-refractivity contribution in [2.45, 2.75) is 32.4 Å². The molecule has 0 bridgehead atoms. The summed E-state index contributed by atoms with van der Waals surface area (Å²) in [5, 5.41) is 44.4. The van der Waals surface area contributed by atoms with Gasteiger partial charge in [-0.3, -0.25) is 20.5 Å². The van der Waals surface area contributed by atoms with E-state index < -0.39 is 5.41 Å². The fraction of sp³-hybridized carbons (Fsp3) is 0.122. The van der Waals surface area contributed by atoms with E-state index in [1.54, 1.807) is 24.3 Å². The molecule has 1 aliphatic carbocycles. The third-order valence-corrected chi connectivity index (χ3v) is 9.45. The molecular weight excluding hydrogens is 584 g/mol. The molecule has 0 saturated carbocycles. The van der Waals surface area contributed by atoms with Gasteiger partial charge < -0.3 is 10.2 Å². The highest BCUT2D eigenvalue weighted by atomic mass is 16.5. The largest absolute Gasteiger partial charge is 0.508 e. The summed E-state index contributed by atoms with van der Waals surface area (Å²) in [6, 6.07) is 43.4. The van der Waals surface area contributed by atoms with Gasteiger partial charge in [-0.1, -0.05) is 84.9 Å². The Labute approximate surface area is 274 Å². The molecule has 0 heterocycles. The van der Waals surface area contributed by atoms with Crippen LogP contribution >= 0.6 is 0 Å². The van der Waals surface area contributed by atoms with Gasteiger partial charge in [0.05, 0.1) is 29.9 Å². The smallest absolute Gasteiger partial charge is 0.115 e. The highest BCUT2D eigenvalue weighted by Gasteiger charge is 2.45. The van der Waals surface area contributed by atoms with Crippen LogP contribution in [0.15, 0.2) is 133 Å². The minimum absolute atomic E-state index is 0.167. The van der Waals surface area contributed by atoms with Gasteiger partial charge in [0.25, 0.3) is 0 Å². The number of benzene rings is 6. The van der Waals surface area contributed by atoms with E-state index in [4.69, 9.17) is 0 Å². The highest BCUT2D eigenvalue weighted by molar-refractivity contribution is 5.86. The van der Waals surface area contributed by atoms with Gasteiger partial charge in [-0.2, -0.15) is 0 Å². The fourth-order valence-electron chi connectivity index (χ4n) is 6.98. The molecule has 4 N–H and O–H groups in total. The molecule has 0 fully saturated rings. The van der Waals surface area contributed by atoms with Crippen LogP contribution in [-0.4, -0.2) is 20.6 Å². The number of nitrogens with zero attached hydrogens (tertiary/aromatic N) is 2. The van der Waals surface area contributed by atoms with E-state index in [0.717, 1.165) is 33.4 Å². The Bertz CT molecular complexity index is 2030. The molecule has 6 aromatic carbocycles. The summed E-state index contributed by atoms with van der Waals surface area (Å²) >= 11 is 0. The van der Waals surface area contributed by atoms with Gasteiger partial charge in [-0.05, 0) is 118 Å². The first-order valence-corrected chi connectivity index (χ1v) is 15.7. The lowest BCUT2D eigenvalue weighted by atomic mass is 9.67. The zero-order chi connectivity index (χ0) is 32.7. The predicted molar refractivity (Wildman–Crippen MR) is 185 cm³/mol. The molecule has 7 rings (SSSR count). The lowest BCUT2D eigenvalue weighted by Crippen LogP contribution is -2.29. The number of phenolic OH excluding ortho intramolecular Hbond substituents is 2. The van der Waals surface area contributed by atoms with Gasteiger partial charge in [0.1, 0.15) is 11.5 Å². The summed E-state index contributed by atoms with van der Waals surface area (Å²) in [4.78, 5) is 0. The van der Waals surface area contributed by atoms with Crippen LogP contribution in [0.25, 0.3) is 11.1 Å². The van der Waals surface area contributed by atoms with E-state index in [9.17, 15) is 20.6 Å². The molecular formula is C41H36N2O4. The maximum absolute atomic E-state index is 11.1. The Morgan fingerprint density at radius 3 is 1.49 bits per heavy atom. The van der Waals surface area contributed by atoms with Crippen LogP contribution in [0.2, 0.25) is 0 Å². The van der Waals surface area contributed by atoms with E-state index in [1.165, 1.54) is 32.4 Å². The number of anilines is 2. The lowest BCUT2D eigenvalue weighted by Gasteiger charge is -2.34. The number of hydrogen-bond acceptors (Lipinski definition) is 6. The average Bonchev–Trinajstić information content (AvgIpc) is 3.39. The Kier molecular flexibility index (Phi) is 7.68. The zero-order valence-corrected chi connectivity index (χ0v) is 26.3. The topological polar surface area (TPSA) is 87.4 Å². The third-order valence-electron chi connectivity index (χ3n) is 9.45. The quantitative estimate of drug-likeness (QED) is 0.127. The first kappa shape index (κ1) is 30.1. The highest BCUT2D eigenvalue weighted by Crippen LogP contribution is 2.56. The molecule has 6 aromatic rings. The minimum Gasteiger partial charge on any atom is -0.508 e. The van der Waals surface area contributed by atoms with Crippen molar-refractivity contribution in [2.24, 2.45) is 0 Å². The second-order valence-electron chi connectivity index (χ2n) is 12.3. The zero-order valence-electron chi connectivity index (χ0n) is 26.3. The molecule has 6 nitrogen and oxygen atoms in total. The summed E-state index contributed by atoms with van der Waals surface area (Å²) < 4.78 is 0. The molecule has 0 saturated heterocycles. The van der Waals surface area contributed by atoms with Crippen LogP contribution in [0.3, 0.4) is 0 Å². The van der Waals surface area contributed by atoms with Gasteiger partial charge >= 0.3 is 0 Å². The standard InChI is InChI=1S/C41H36N2O4/c1-27-11-21-36(45)24-30(27)26-43(47)34-19-15-32(16-20-34)41(39-9-5-3-7-37(39)38-8-4-6-10-40(38)41)31-13-17-33(18-14-31)42(46)25-29-12-22-35(44)23-28(29)2/h3-24,44-47H,25-26H2,1-2H3. The van der Waals surface area contributed by atoms with E-state index in [1.807, 2.05) is 50.2 Å². The SMILES string of the molecule is Cc1cc(O)ccc1CN(O)c1ccc(C2(c3ccc(N(O)Cc4cc(O)ccc4C)cc3)c3ccccc3-c3ccccc32)cc1. The van der Waals surface area contributed by atoms with Crippen molar-refractivity contribution in [1.29, 1.82) is 0 Å².